The normalized spacial score (nSPS) is 11.3. The molecule has 0 radical (unpaired) electrons. The number of hydrogen-bond donors (Lipinski definition) is 3. The van der Waals surface area contributed by atoms with Crippen molar-refractivity contribution in [3.63, 3.8) is 0 Å². The van der Waals surface area contributed by atoms with E-state index in [1.807, 2.05) is 4.98 Å². The first-order valence-corrected chi connectivity index (χ1v) is 6.53. The molecule has 0 bridgehead atoms. The first kappa shape index (κ1) is 16.5. The number of carbonyl (C=O) groups excluding carboxylic acids is 1. The zero-order valence-corrected chi connectivity index (χ0v) is 11.7. The Kier molecular flexibility index (Phi) is 4.98. The Hall–Kier alpha value is -2.85. The predicted octanol–water partition coefficient (Wildman–Crippen LogP) is 1.20. The first-order chi connectivity index (χ1) is 10.9. The fourth-order valence-corrected chi connectivity index (χ4v) is 1.70. The molecule has 0 aliphatic carbocycles. The van der Waals surface area contributed by atoms with Gasteiger partial charge < -0.3 is 15.6 Å². The maximum Gasteiger partial charge on any atom is 0.417 e. The van der Waals surface area contributed by atoms with Crippen LogP contribution in [-0.4, -0.2) is 32.3 Å². The van der Waals surface area contributed by atoms with Gasteiger partial charge in [0.1, 0.15) is 18.3 Å². The van der Waals surface area contributed by atoms with Gasteiger partial charge in [-0.25, -0.2) is 9.78 Å². The van der Waals surface area contributed by atoms with Crippen molar-refractivity contribution >= 4 is 11.7 Å². The molecular weight excluding hydrogens is 317 g/mol. The van der Waals surface area contributed by atoms with Crippen LogP contribution in [0, 0.1) is 0 Å². The van der Waals surface area contributed by atoms with Crippen LogP contribution in [0.3, 0.4) is 0 Å². The molecule has 0 aromatic carbocycles. The van der Waals surface area contributed by atoms with E-state index in [1.54, 1.807) is 4.68 Å². The Labute approximate surface area is 127 Å². The SMILES string of the molecule is O=C(NCCCn1cncn1)Nc1cc(C(F)(F)F)c[nH]c1=O. The quantitative estimate of drug-likeness (QED) is 0.716. The number of anilines is 1. The molecule has 8 nitrogen and oxygen atoms in total. The van der Waals surface area contributed by atoms with E-state index >= 15 is 0 Å². The molecular formula is C12H13F3N6O2. The lowest BCUT2D eigenvalue weighted by Gasteiger charge is -2.10. The summed E-state index contributed by atoms with van der Waals surface area (Å²) >= 11 is 0. The number of nitrogens with one attached hydrogen (secondary N) is 3. The minimum Gasteiger partial charge on any atom is -0.338 e. The molecule has 23 heavy (non-hydrogen) atoms. The van der Waals surface area contributed by atoms with Crippen molar-refractivity contribution in [1.29, 1.82) is 0 Å². The Morgan fingerprint density at radius 1 is 1.39 bits per heavy atom. The fourth-order valence-electron chi connectivity index (χ4n) is 1.70. The van der Waals surface area contributed by atoms with Crippen LogP contribution < -0.4 is 16.2 Å². The number of rotatable bonds is 5. The van der Waals surface area contributed by atoms with E-state index < -0.39 is 29.0 Å². The molecule has 0 saturated carbocycles. The highest BCUT2D eigenvalue weighted by Crippen LogP contribution is 2.28. The van der Waals surface area contributed by atoms with Crippen molar-refractivity contribution in [2.24, 2.45) is 0 Å². The highest BCUT2D eigenvalue weighted by Gasteiger charge is 2.31. The zero-order valence-electron chi connectivity index (χ0n) is 11.7. The molecule has 2 aromatic rings. The van der Waals surface area contributed by atoms with E-state index in [0.717, 1.165) is 0 Å². The predicted molar refractivity (Wildman–Crippen MR) is 73.7 cm³/mol. The number of urea groups is 1. The van der Waals surface area contributed by atoms with Crippen LogP contribution in [-0.2, 0) is 12.7 Å². The molecule has 2 rings (SSSR count). The van der Waals surface area contributed by atoms with Gasteiger partial charge in [-0.2, -0.15) is 18.3 Å². The second-order valence-corrected chi connectivity index (χ2v) is 4.52. The van der Waals surface area contributed by atoms with Gasteiger partial charge in [-0.05, 0) is 12.5 Å². The average Bonchev–Trinajstić information content (AvgIpc) is 2.98. The van der Waals surface area contributed by atoms with Crippen LogP contribution in [0.2, 0.25) is 0 Å². The fraction of sp³-hybridized carbons (Fsp3) is 0.333. The molecule has 2 heterocycles. The third kappa shape index (κ3) is 4.83. The number of aryl methyl sites for hydroxylation is 1. The molecule has 0 atom stereocenters. The summed E-state index contributed by atoms with van der Waals surface area (Å²) in [7, 11) is 0. The number of halogens is 3. The number of carbonyl (C=O) groups is 1. The lowest BCUT2D eigenvalue weighted by Crippen LogP contribution is -2.32. The Bertz CT molecular complexity index is 710. The lowest BCUT2D eigenvalue weighted by atomic mass is 10.2. The van der Waals surface area contributed by atoms with E-state index in [9.17, 15) is 22.8 Å². The second-order valence-electron chi connectivity index (χ2n) is 4.52. The van der Waals surface area contributed by atoms with Crippen LogP contribution in [0.15, 0.2) is 29.7 Å². The number of aromatic nitrogens is 4. The number of alkyl halides is 3. The minimum atomic E-state index is -4.62. The van der Waals surface area contributed by atoms with Crippen molar-refractivity contribution in [3.05, 3.63) is 40.8 Å². The monoisotopic (exact) mass is 330 g/mol. The smallest absolute Gasteiger partial charge is 0.338 e. The maximum absolute atomic E-state index is 12.6. The molecule has 2 amide bonds. The standard InChI is InChI=1S/C12H13F3N6O2/c13-12(14,15)8-4-9(10(22)18-5-8)20-11(23)17-2-1-3-21-7-16-6-19-21/h4-7H,1-3H2,(H,18,22)(H2,17,20,23). The van der Waals surface area contributed by atoms with E-state index in [0.29, 0.717) is 25.2 Å². The Morgan fingerprint density at radius 2 is 2.17 bits per heavy atom. The summed E-state index contributed by atoms with van der Waals surface area (Å²) in [6.07, 6.45) is -0.642. The average molecular weight is 330 g/mol. The summed E-state index contributed by atoms with van der Waals surface area (Å²) in [6, 6.07) is -0.193. The van der Waals surface area contributed by atoms with Crippen LogP contribution in [0.4, 0.5) is 23.7 Å². The van der Waals surface area contributed by atoms with Gasteiger partial charge in [-0.1, -0.05) is 0 Å². The van der Waals surface area contributed by atoms with Crippen molar-refractivity contribution in [1.82, 2.24) is 25.1 Å². The molecule has 0 aliphatic rings. The van der Waals surface area contributed by atoms with Gasteiger partial charge >= 0.3 is 12.2 Å². The summed E-state index contributed by atoms with van der Waals surface area (Å²) in [5.74, 6) is 0. The Morgan fingerprint density at radius 3 is 2.83 bits per heavy atom. The summed E-state index contributed by atoms with van der Waals surface area (Å²) in [4.78, 5) is 28.7. The van der Waals surface area contributed by atoms with E-state index in [-0.39, 0.29) is 6.54 Å². The van der Waals surface area contributed by atoms with Gasteiger partial charge in [0, 0.05) is 19.3 Å². The second kappa shape index (κ2) is 6.94. The molecule has 0 fully saturated rings. The first-order valence-electron chi connectivity index (χ1n) is 6.53. The van der Waals surface area contributed by atoms with Crippen LogP contribution in [0.5, 0.6) is 0 Å². The number of aromatic amines is 1. The minimum absolute atomic E-state index is 0.253. The number of pyridine rings is 1. The van der Waals surface area contributed by atoms with Gasteiger partial charge in [0.25, 0.3) is 5.56 Å². The highest BCUT2D eigenvalue weighted by atomic mass is 19.4. The van der Waals surface area contributed by atoms with Crippen molar-refractivity contribution in [2.75, 3.05) is 11.9 Å². The topological polar surface area (TPSA) is 105 Å². The van der Waals surface area contributed by atoms with Crippen molar-refractivity contribution in [3.8, 4) is 0 Å². The van der Waals surface area contributed by atoms with Gasteiger partial charge in [0.2, 0.25) is 0 Å². The molecule has 0 saturated heterocycles. The van der Waals surface area contributed by atoms with Gasteiger partial charge in [-0.3, -0.25) is 9.48 Å². The maximum atomic E-state index is 12.6. The number of H-pyrrole nitrogens is 1. The van der Waals surface area contributed by atoms with Crippen LogP contribution in [0.1, 0.15) is 12.0 Å². The van der Waals surface area contributed by atoms with Crippen molar-refractivity contribution < 1.29 is 18.0 Å². The summed E-state index contributed by atoms with van der Waals surface area (Å²) in [6.45, 7) is 0.771. The van der Waals surface area contributed by atoms with Crippen LogP contribution in [0.25, 0.3) is 0 Å². The molecule has 0 spiro atoms. The summed E-state index contributed by atoms with van der Waals surface area (Å²) in [5.41, 5.74) is -2.36. The molecule has 124 valence electrons. The molecule has 0 aliphatic heterocycles. The van der Waals surface area contributed by atoms with Crippen LogP contribution >= 0.6 is 0 Å². The lowest BCUT2D eigenvalue weighted by molar-refractivity contribution is -0.137. The molecule has 2 aromatic heterocycles. The van der Waals surface area contributed by atoms with Gasteiger partial charge in [0.15, 0.2) is 0 Å². The van der Waals surface area contributed by atoms with E-state index in [2.05, 4.69) is 20.7 Å². The molecule has 0 unspecified atom stereocenters. The van der Waals surface area contributed by atoms with E-state index in [4.69, 9.17) is 0 Å². The largest absolute Gasteiger partial charge is 0.417 e. The number of amides is 2. The number of hydrogen-bond acceptors (Lipinski definition) is 4. The molecule has 11 heteroatoms. The van der Waals surface area contributed by atoms with Gasteiger partial charge in [-0.15, -0.1) is 0 Å². The summed E-state index contributed by atoms with van der Waals surface area (Å²) < 4.78 is 39.2. The Balaban J connectivity index is 1.86. The third-order valence-electron chi connectivity index (χ3n) is 2.79. The summed E-state index contributed by atoms with van der Waals surface area (Å²) in [5, 5.41) is 8.39. The molecule has 3 N–H and O–H groups in total. The van der Waals surface area contributed by atoms with Crippen molar-refractivity contribution in [2.45, 2.75) is 19.1 Å². The number of nitrogens with zero attached hydrogens (tertiary/aromatic N) is 3. The zero-order chi connectivity index (χ0) is 16.9. The third-order valence-corrected chi connectivity index (χ3v) is 2.79. The van der Waals surface area contributed by atoms with E-state index in [1.165, 1.54) is 12.7 Å². The highest BCUT2D eigenvalue weighted by molar-refractivity contribution is 5.89. The van der Waals surface area contributed by atoms with Gasteiger partial charge in [0.05, 0.1) is 5.56 Å².